The molecule has 0 radical (unpaired) electrons. The van der Waals surface area contributed by atoms with Crippen LogP contribution in [0.15, 0.2) is 11.6 Å². The van der Waals surface area contributed by atoms with E-state index in [4.69, 9.17) is 4.74 Å². The van der Waals surface area contributed by atoms with Gasteiger partial charge in [-0.05, 0) is 52.4 Å². The molecular weight excluding hydrogens is 246 g/mol. The molecule has 1 atom stereocenters. The largest absolute Gasteiger partial charge is 0.381 e. The first kappa shape index (κ1) is 16.0. The van der Waals surface area contributed by atoms with E-state index in [1.54, 1.807) is 5.57 Å². The van der Waals surface area contributed by atoms with Crippen LogP contribution >= 0.6 is 0 Å². The molecule has 1 heterocycles. The monoisotopic (exact) mass is 279 g/mol. The van der Waals surface area contributed by atoms with Crippen LogP contribution in [0.3, 0.4) is 0 Å². The van der Waals surface area contributed by atoms with E-state index in [0.717, 1.165) is 25.7 Å². The molecule has 1 N–H and O–H groups in total. The van der Waals surface area contributed by atoms with E-state index in [-0.39, 0.29) is 5.54 Å². The Labute approximate surface area is 125 Å². The Hall–Kier alpha value is -0.340. The van der Waals surface area contributed by atoms with Gasteiger partial charge in [-0.2, -0.15) is 0 Å². The molecule has 2 aliphatic rings. The van der Waals surface area contributed by atoms with Gasteiger partial charge in [0, 0.05) is 24.6 Å². The molecule has 2 nitrogen and oxygen atoms in total. The second-order valence-electron chi connectivity index (χ2n) is 7.66. The molecule has 2 heteroatoms. The molecule has 1 aliphatic heterocycles. The van der Waals surface area contributed by atoms with E-state index in [0.29, 0.717) is 5.92 Å². The Balaban J connectivity index is 1.99. The van der Waals surface area contributed by atoms with Crippen LogP contribution in [-0.4, -0.2) is 25.3 Å². The Morgan fingerprint density at radius 1 is 1.10 bits per heavy atom. The van der Waals surface area contributed by atoms with Crippen molar-refractivity contribution in [3.8, 4) is 0 Å². The summed E-state index contributed by atoms with van der Waals surface area (Å²) in [4.78, 5) is 0. The van der Waals surface area contributed by atoms with Gasteiger partial charge >= 0.3 is 0 Å². The fraction of sp³-hybridized carbons (Fsp3) is 0.889. The third-order valence-corrected chi connectivity index (χ3v) is 4.60. The molecule has 0 aromatic rings. The third-order valence-electron chi connectivity index (χ3n) is 4.60. The minimum Gasteiger partial charge on any atom is -0.381 e. The second-order valence-corrected chi connectivity index (χ2v) is 7.66. The lowest BCUT2D eigenvalue weighted by atomic mass is 9.81. The van der Waals surface area contributed by atoms with Crippen LogP contribution in [0.25, 0.3) is 0 Å². The summed E-state index contributed by atoms with van der Waals surface area (Å²) >= 11 is 0. The lowest BCUT2D eigenvalue weighted by Gasteiger charge is -2.30. The van der Waals surface area contributed by atoms with Crippen LogP contribution in [0.2, 0.25) is 0 Å². The fourth-order valence-electron chi connectivity index (χ4n) is 3.38. The summed E-state index contributed by atoms with van der Waals surface area (Å²) in [5.41, 5.74) is 1.87. The van der Waals surface area contributed by atoms with Crippen LogP contribution in [0.1, 0.15) is 65.7 Å². The Bertz CT molecular complexity index is 304. The van der Waals surface area contributed by atoms with Crippen LogP contribution < -0.4 is 5.32 Å². The minimum atomic E-state index is 0.205. The predicted octanol–water partition coefficient (Wildman–Crippen LogP) is 4.31. The topological polar surface area (TPSA) is 21.3 Å². The van der Waals surface area contributed by atoms with Gasteiger partial charge in [-0.3, -0.25) is 0 Å². The summed E-state index contributed by atoms with van der Waals surface area (Å²) in [6, 6.07) is 0. The highest BCUT2D eigenvalue weighted by Gasteiger charge is 2.21. The maximum atomic E-state index is 5.65. The average Bonchev–Trinajstić information content (AvgIpc) is 2.44. The van der Waals surface area contributed by atoms with Crippen molar-refractivity contribution in [3.05, 3.63) is 11.6 Å². The molecule has 1 aliphatic carbocycles. The lowest BCUT2D eigenvalue weighted by Crippen LogP contribution is -2.38. The van der Waals surface area contributed by atoms with Crippen molar-refractivity contribution >= 4 is 0 Å². The van der Waals surface area contributed by atoms with E-state index in [1.165, 1.54) is 44.9 Å². The molecule has 2 fully saturated rings. The summed E-state index contributed by atoms with van der Waals surface area (Å²) in [5, 5.41) is 3.70. The summed E-state index contributed by atoms with van der Waals surface area (Å²) in [5.74, 6) is 1.47. The van der Waals surface area contributed by atoms with Crippen LogP contribution in [0, 0.1) is 11.8 Å². The van der Waals surface area contributed by atoms with Crippen molar-refractivity contribution in [1.82, 2.24) is 5.32 Å². The predicted molar refractivity (Wildman–Crippen MR) is 86.0 cm³/mol. The molecule has 1 unspecified atom stereocenters. The zero-order valence-corrected chi connectivity index (χ0v) is 13.7. The van der Waals surface area contributed by atoms with Crippen molar-refractivity contribution in [2.45, 2.75) is 71.3 Å². The molecule has 1 saturated heterocycles. The minimum absolute atomic E-state index is 0.205. The molecule has 1 saturated carbocycles. The first-order valence-electron chi connectivity index (χ1n) is 8.58. The molecule has 0 aromatic carbocycles. The van der Waals surface area contributed by atoms with E-state index >= 15 is 0 Å². The Kier molecular flexibility index (Phi) is 6.10. The molecule has 0 aromatic heterocycles. The number of hydrogen-bond donors (Lipinski definition) is 1. The van der Waals surface area contributed by atoms with Crippen molar-refractivity contribution in [2.75, 3.05) is 19.8 Å². The molecular formula is C18H33NO. The van der Waals surface area contributed by atoms with Gasteiger partial charge in [0.1, 0.15) is 0 Å². The van der Waals surface area contributed by atoms with E-state index in [9.17, 15) is 0 Å². The first-order chi connectivity index (χ1) is 9.54. The van der Waals surface area contributed by atoms with E-state index in [1.807, 2.05) is 0 Å². The number of ether oxygens (including phenoxy) is 1. The maximum Gasteiger partial charge on any atom is 0.0528 e. The van der Waals surface area contributed by atoms with E-state index in [2.05, 4.69) is 32.2 Å². The number of rotatable bonds is 4. The quantitative estimate of drug-likeness (QED) is 0.774. The van der Waals surface area contributed by atoms with Gasteiger partial charge in [-0.1, -0.05) is 30.9 Å². The molecule has 20 heavy (non-hydrogen) atoms. The molecule has 2 rings (SSSR count). The van der Waals surface area contributed by atoms with Crippen molar-refractivity contribution in [3.63, 3.8) is 0 Å². The highest BCUT2D eigenvalue weighted by Crippen LogP contribution is 2.31. The van der Waals surface area contributed by atoms with Gasteiger partial charge in [-0.15, -0.1) is 0 Å². The summed E-state index contributed by atoms with van der Waals surface area (Å²) in [7, 11) is 0. The van der Waals surface area contributed by atoms with Crippen LogP contribution in [-0.2, 0) is 4.74 Å². The zero-order valence-electron chi connectivity index (χ0n) is 13.7. The number of hydrogen-bond acceptors (Lipinski definition) is 2. The van der Waals surface area contributed by atoms with Gasteiger partial charge in [0.2, 0.25) is 0 Å². The summed E-state index contributed by atoms with van der Waals surface area (Å²) in [6.45, 7) is 9.74. The molecule has 0 amide bonds. The Morgan fingerprint density at radius 2 is 1.85 bits per heavy atom. The van der Waals surface area contributed by atoms with Gasteiger partial charge in [0.05, 0.1) is 6.61 Å². The van der Waals surface area contributed by atoms with Gasteiger partial charge in [0.25, 0.3) is 0 Å². The third kappa shape index (κ3) is 5.57. The van der Waals surface area contributed by atoms with Gasteiger partial charge in [0.15, 0.2) is 0 Å². The van der Waals surface area contributed by atoms with Crippen LogP contribution in [0.5, 0.6) is 0 Å². The Morgan fingerprint density at radius 3 is 2.45 bits per heavy atom. The lowest BCUT2D eigenvalue weighted by molar-refractivity contribution is 0.0704. The van der Waals surface area contributed by atoms with Gasteiger partial charge in [-0.25, -0.2) is 0 Å². The van der Waals surface area contributed by atoms with E-state index < -0.39 is 0 Å². The number of nitrogens with one attached hydrogen (secondary N) is 1. The van der Waals surface area contributed by atoms with Crippen molar-refractivity contribution in [1.29, 1.82) is 0 Å². The second kappa shape index (κ2) is 7.61. The molecule has 0 spiro atoms. The van der Waals surface area contributed by atoms with Gasteiger partial charge < -0.3 is 10.1 Å². The fourth-order valence-corrected chi connectivity index (χ4v) is 3.38. The SMILES string of the molecule is CC(C)(C)NC/C(=C/C1CCCOC1)C1CCCCC1. The zero-order chi connectivity index (χ0) is 14.4. The van der Waals surface area contributed by atoms with Crippen molar-refractivity contribution in [2.24, 2.45) is 11.8 Å². The molecule has 0 bridgehead atoms. The molecule has 116 valence electrons. The standard InChI is InChI=1S/C18H33NO/c1-18(2,3)19-13-17(16-9-5-4-6-10-16)12-15-8-7-11-20-14-15/h12,15-16,19H,4-11,13-14H2,1-3H3/b17-12-. The normalized spacial score (nSPS) is 26.8. The first-order valence-corrected chi connectivity index (χ1v) is 8.58. The van der Waals surface area contributed by atoms with Crippen LogP contribution in [0.4, 0.5) is 0 Å². The summed E-state index contributed by atoms with van der Waals surface area (Å²) in [6.07, 6.45) is 12.2. The average molecular weight is 279 g/mol. The van der Waals surface area contributed by atoms with Crippen molar-refractivity contribution < 1.29 is 4.74 Å². The highest BCUT2D eigenvalue weighted by molar-refractivity contribution is 5.12. The highest BCUT2D eigenvalue weighted by atomic mass is 16.5. The maximum absolute atomic E-state index is 5.65. The summed E-state index contributed by atoms with van der Waals surface area (Å²) < 4.78 is 5.65. The smallest absolute Gasteiger partial charge is 0.0528 e.